The summed E-state index contributed by atoms with van der Waals surface area (Å²) in [5.74, 6) is -3.89. The van der Waals surface area contributed by atoms with Gasteiger partial charge in [-0.25, -0.2) is 13.6 Å². The normalized spacial score (nSPS) is 23.6. The van der Waals surface area contributed by atoms with Gasteiger partial charge in [-0.2, -0.15) is 0 Å². The van der Waals surface area contributed by atoms with Crippen molar-refractivity contribution in [3.05, 3.63) is 29.3 Å². The molecule has 0 amide bonds. The average molecular weight is 296 g/mol. The molecule has 1 spiro atoms. The summed E-state index contributed by atoms with van der Waals surface area (Å²) in [5, 5.41) is 15.3. The summed E-state index contributed by atoms with van der Waals surface area (Å²) in [6.45, 7) is 0.856. The van der Waals surface area contributed by atoms with Crippen LogP contribution in [0.15, 0.2) is 12.1 Å². The maximum Gasteiger partial charge on any atom is 0.338 e. The number of carboxylic acid groups (broad SMARTS) is 1. The lowest BCUT2D eigenvalue weighted by Gasteiger charge is -2.48. The van der Waals surface area contributed by atoms with Gasteiger partial charge in [0, 0.05) is 11.6 Å². The highest BCUT2D eigenvalue weighted by atomic mass is 19.2. The van der Waals surface area contributed by atoms with Crippen molar-refractivity contribution >= 4 is 11.7 Å². The van der Waals surface area contributed by atoms with Crippen molar-refractivity contribution in [1.29, 1.82) is 0 Å². The molecule has 1 unspecified atom stereocenters. The quantitative estimate of drug-likeness (QED) is 0.802. The predicted octanol–water partition coefficient (Wildman–Crippen LogP) is 2.75. The number of halogens is 2. The molecule has 1 aromatic rings. The molecule has 1 aromatic carbocycles. The highest BCUT2D eigenvalue weighted by Gasteiger charge is 2.41. The van der Waals surface area contributed by atoms with E-state index in [0.29, 0.717) is 0 Å². The van der Waals surface area contributed by atoms with Crippen LogP contribution in [0.5, 0.6) is 0 Å². The van der Waals surface area contributed by atoms with Gasteiger partial charge in [0.1, 0.15) is 0 Å². The second-order valence-electron chi connectivity index (χ2n) is 5.99. The Kier molecular flexibility index (Phi) is 3.57. The SMILES string of the molecule is O=C(O)c1ccc(NC2CCNC3(CCC3)C2)c(F)c1F. The average Bonchev–Trinajstić information content (AvgIpc) is 2.42. The van der Waals surface area contributed by atoms with Crippen LogP contribution in [0.1, 0.15) is 42.5 Å². The lowest BCUT2D eigenvalue weighted by Crippen LogP contribution is -2.58. The lowest BCUT2D eigenvalue weighted by molar-refractivity contribution is 0.0690. The van der Waals surface area contributed by atoms with Crippen LogP contribution in [0, 0.1) is 11.6 Å². The summed E-state index contributed by atoms with van der Waals surface area (Å²) in [6, 6.07) is 2.48. The van der Waals surface area contributed by atoms with Crippen molar-refractivity contribution in [2.75, 3.05) is 11.9 Å². The van der Waals surface area contributed by atoms with Crippen molar-refractivity contribution in [2.45, 2.75) is 43.7 Å². The minimum atomic E-state index is -1.46. The van der Waals surface area contributed by atoms with E-state index in [0.717, 1.165) is 38.3 Å². The summed E-state index contributed by atoms with van der Waals surface area (Å²) in [4.78, 5) is 10.8. The molecule has 1 aliphatic heterocycles. The van der Waals surface area contributed by atoms with Crippen LogP contribution >= 0.6 is 0 Å². The third-order valence-corrected chi connectivity index (χ3v) is 4.61. The molecule has 0 bridgehead atoms. The molecular weight excluding hydrogens is 278 g/mol. The molecule has 1 saturated heterocycles. The Labute approximate surface area is 121 Å². The number of carbonyl (C=O) groups is 1. The molecule has 1 atom stereocenters. The fraction of sp³-hybridized carbons (Fsp3) is 0.533. The van der Waals surface area contributed by atoms with Gasteiger partial charge in [0.05, 0.1) is 11.3 Å². The maximum atomic E-state index is 13.9. The second-order valence-corrected chi connectivity index (χ2v) is 5.99. The molecule has 0 aromatic heterocycles. The van der Waals surface area contributed by atoms with Crippen LogP contribution in [0.4, 0.5) is 14.5 Å². The van der Waals surface area contributed by atoms with Crippen molar-refractivity contribution in [1.82, 2.24) is 5.32 Å². The first-order valence-corrected chi connectivity index (χ1v) is 7.24. The predicted molar refractivity (Wildman–Crippen MR) is 74.5 cm³/mol. The molecule has 3 rings (SSSR count). The lowest BCUT2D eigenvalue weighted by atomic mass is 9.70. The number of rotatable bonds is 3. The summed E-state index contributed by atoms with van der Waals surface area (Å²) < 4.78 is 27.6. The first-order chi connectivity index (χ1) is 10.0. The third-order valence-electron chi connectivity index (χ3n) is 4.61. The van der Waals surface area contributed by atoms with E-state index >= 15 is 0 Å². The van der Waals surface area contributed by atoms with Gasteiger partial charge in [0.25, 0.3) is 0 Å². The molecule has 3 N–H and O–H groups in total. The summed E-state index contributed by atoms with van der Waals surface area (Å²) in [7, 11) is 0. The number of piperidine rings is 1. The van der Waals surface area contributed by atoms with Crippen LogP contribution in [0.25, 0.3) is 0 Å². The van der Waals surface area contributed by atoms with Crippen molar-refractivity contribution in [3.8, 4) is 0 Å². The number of carboxylic acids is 1. The second kappa shape index (κ2) is 5.26. The zero-order chi connectivity index (χ0) is 15.0. The van der Waals surface area contributed by atoms with E-state index in [9.17, 15) is 13.6 Å². The smallest absolute Gasteiger partial charge is 0.338 e. The number of hydrogen-bond donors (Lipinski definition) is 3. The zero-order valence-corrected chi connectivity index (χ0v) is 11.6. The van der Waals surface area contributed by atoms with Crippen LogP contribution in [0.3, 0.4) is 0 Å². The van der Waals surface area contributed by atoms with Crippen LogP contribution in [-0.2, 0) is 0 Å². The molecule has 21 heavy (non-hydrogen) atoms. The number of anilines is 1. The van der Waals surface area contributed by atoms with E-state index in [-0.39, 0.29) is 17.3 Å². The molecule has 1 saturated carbocycles. The Hall–Kier alpha value is -1.69. The number of nitrogens with one attached hydrogen (secondary N) is 2. The van der Waals surface area contributed by atoms with Gasteiger partial charge < -0.3 is 15.7 Å². The molecule has 4 nitrogen and oxygen atoms in total. The largest absolute Gasteiger partial charge is 0.478 e. The number of aromatic carboxylic acids is 1. The third kappa shape index (κ3) is 2.60. The van der Waals surface area contributed by atoms with Crippen molar-refractivity contribution < 1.29 is 18.7 Å². The van der Waals surface area contributed by atoms with E-state index in [1.165, 1.54) is 12.5 Å². The minimum Gasteiger partial charge on any atom is -0.478 e. The van der Waals surface area contributed by atoms with E-state index in [1.54, 1.807) is 0 Å². The van der Waals surface area contributed by atoms with Gasteiger partial charge in [0.15, 0.2) is 11.6 Å². The Bertz CT molecular complexity index is 573. The Morgan fingerprint density at radius 2 is 2.10 bits per heavy atom. The molecule has 6 heteroatoms. The topological polar surface area (TPSA) is 61.4 Å². The van der Waals surface area contributed by atoms with Gasteiger partial charge in [0.2, 0.25) is 0 Å². The molecule has 1 heterocycles. The number of hydrogen-bond acceptors (Lipinski definition) is 3. The highest BCUT2D eigenvalue weighted by Crippen LogP contribution is 2.39. The summed E-state index contributed by atoms with van der Waals surface area (Å²) >= 11 is 0. The van der Waals surface area contributed by atoms with E-state index in [2.05, 4.69) is 10.6 Å². The van der Waals surface area contributed by atoms with Gasteiger partial charge in [-0.3, -0.25) is 0 Å². The Morgan fingerprint density at radius 1 is 1.33 bits per heavy atom. The zero-order valence-electron chi connectivity index (χ0n) is 11.6. The van der Waals surface area contributed by atoms with Crippen LogP contribution in [0.2, 0.25) is 0 Å². The Morgan fingerprint density at radius 3 is 2.71 bits per heavy atom. The van der Waals surface area contributed by atoms with Gasteiger partial charge in [-0.15, -0.1) is 0 Å². The summed E-state index contributed by atoms with van der Waals surface area (Å²) in [6.07, 6.45) is 5.17. The van der Waals surface area contributed by atoms with Crippen molar-refractivity contribution in [3.63, 3.8) is 0 Å². The Balaban J connectivity index is 1.75. The standard InChI is InChI=1S/C15H18F2N2O2/c16-12-10(14(20)21)2-3-11(13(12)17)19-9-4-7-18-15(8-9)5-1-6-15/h2-3,9,18-19H,1,4-8H2,(H,20,21). The highest BCUT2D eigenvalue weighted by molar-refractivity contribution is 5.88. The van der Waals surface area contributed by atoms with E-state index in [1.807, 2.05) is 0 Å². The van der Waals surface area contributed by atoms with E-state index in [4.69, 9.17) is 5.11 Å². The van der Waals surface area contributed by atoms with Crippen molar-refractivity contribution in [2.24, 2.45) is 0 Å². The fourth-order valence-corrected chi connectivity index (χ4v) is 3.31. The molecule has 2 fully saturated rings. The van der Waals surface area contributed by atoms with E-state index < -0.39 is 23.2 Å². The first kappa shape index (κ1) is 14.3. The summed E-state index contributed by atoms with van der Waals surface area (Å²) in [5.41, 5.74) is -0.441. The molecular formula is C15H18F2N2O2. The fourth-order valence-electron chi connectivity index (χ4n) is 3.31. The van der Waals surface area contributed by atoms with Crippen LogP contribution < -0.4 is 10.6 Å². The molecule has 0 radical (unpaired) electrons. The first-order valence-electron chi connectivity index (χ1n) is 7.24. The molecule has 1 aliphatic carbocycles. The molecule has 114 valence electrons. The van der Waals surface area contributed by atoms with Crippen LogP contribution in [-0.4, -0.2) is 29.2 Å². The van der Waals surface area contributed by atoms with Gasteiger partial charge in [-0.05, 0) is 50.8 Å². The minimum absolute atomic E-state index is 0.0406. The molecule has 2 aliphatic rings. The number of benzene rings is 1. The van der Waals surface area contributed by atoms with Gasteiger partial charge in [-0.1, -0.05) is 0 Å². The maximum absolute atomic E-state index is 13.9. The van der Waals surface area contributed by atoms with Gasteiger partial charge >= 0.3 is 5.97 Å². The monoisotopic (exact) mass is 296 g/mol.